The van der Waals surface area contributed by atoms with E-state index in [1.807, 2.05) is 13.0 Å². The number of esters is 1. The first-order chi connectivity index (χ1) is 13.0. The molecule has 2 N–H and O–H groups in total. The molecular formula is C19H30N4O4. The molecule has 0 saturated heterocycles. The van der Waals surface area contributed by atoms with Crippen LogP contribution in [-0.2, 0) is 19.1 Å². The zero-order valence-corrected chi connectivity index (χ0v) is 16.4. The summed E-state index contributed by atoms with van der Waals surface area (Å²) in [4.78, 5) is 32.0. The molecular weight excluding hydrogens is 348 g/mol. The van der Waals surface area contributed by atoms with Gasteiger partial charge in [0.15, 0.2) is 0 Å². The largest absolute Gasteiger partial charge is 0.469 e. The fourth-order valence-electron chi connectivity index (χ4n) is 3.24. The lowest BCUT2D eigenvalue weighted by atomic mass is 9.83. The van der Waals surface area contributed by atoms with Crippen molar-refractivity contribution in [3.8, 4) is 0 Å². The van der Waals surface area contributed by atoms with Gasteiger partial charge in [0.25, 0.3) is 0 Å². The molecule has 1 fully saturated rings. The molecule has 0 spiro atoms. The Labute approximate surface area is 160 Å². The van der Waals surface area contributed by atoms with Crippen molar-refractivity contribution in [3.63, 3.8) is 0 Å². The topological polar surface area (TPSA) is 102 Å². The highest BCUT2D eigenvalue weighted by molar-refractivity contribution is 5.79. The molecule has 1 amide bonds. The molecule has 0 radical (unpaired) electrons. The Morgan fingerprint density at radius 1 is 1.30 bits per heavy atom. The Hall–Kier alpha value is -2.22. The van der Waals surface area contributed by atoms with Crippen LogP contribution in [-0.4, -0.2) is 54.3 Å². The van der Waals surface area contributed by atoms with E-state index in [1.165, 1.54) is 7.11 Å². The van der Waals surface area contributed by atoms with Gasteiger partial charge in [0.05, 0.1) is 25.7 Å². The van der Waals surface area contributed by atoms with Gasteiger partial charge in [-0.05, 0) is 32.6 Å². The Kier molecular flexibility index (Phi) is 8.44. The van der Waals surface area contributed by atoms with Gasteiger partial charge in [-0.25, -0.2) is 9.97 Å². The molecule has 8 heteroatoms. The van der Waals surface area contributed by atoms with Crippen molar-refractivity contribution < 1.29 is 19.1 Å². The van der Waals surface area contributed by atoms with Gasteiger partial charge in [-0.1, -0.05) is 6.92 Å². The number of amides is 1. The zero-order chi connectivity index (χ0) is 19.6. The van der Waals surface area contributed by atoms with E-state index in [0.29, 0.717) is 19.6 Å². The van der Waals surface area contributed by atoms with E-state index in [9.17, 15) is 9.59 Å². The van der Waals surface area contributed by atoms with Crippen LogP contribution in [0.1, 0.15) is 44.7 Å². The molecule has 1 aliphatic rings. The second-order valence-corrected chi connectivity index (χ2v) is 6.83. The van der Waals surface area contributed by atoms with E-state index in [1.54, 1.807) is 6.33 Å². The molecule has 0 bridgehead atoms. The standard InChI is InChI=1S/C19H30N4O4/c1-4-9-27-16-11-14(19(25)20-8-7-18(24)26-3)5-6-15(16)23-17-10-13(2)21-12-22-17/h10,12,14-16H,4-9,11H2,1-3H3,(H,20,25)(H,21,22,23)/t14-,15-,16-/m0/s1. The normalized spacial score (nSPS) is 22.1. The summed E-state index contributed by atoms with van der Waals surface area (Å²) >= 11 is 0. The van der Waals surface area contributed by atoms with Crippen molar-refractivity contribution >= 4 is 17.7 Å². The number of nitrogens with zero attached hydrogens (tertiary/aromatic N) is 2. The number of carbonyl (C=O) groups is 2. The van der Waals surface area contributed by atoms with Gasteiger partial charge in [0, 0.05) is 30.8 Å². The molecule has 27 heavy (non-hydrogen) atoms. The quantitative estimate of drug-likeness (QED) is 0.632. The number of ether oxygens (including phenoxy) is 2. The van der Waals surface area contributed by atoms with E-state index in [4.69, 9.17) is 4.74 Å². The van der Waals surface area contributed by atoms with Gasteiger partial charge in [-0.3, -0.25) is 9.59 Å². The smallest absolute Gasteiger partial charge is 0.307 e. The lowest BCUT2D eigenvalue weighted by molar-refractivity contribution is -0.140. The third kappa shape index (κ3) is 6.78. The zero-order valence-electron chi connectivity index (χ0n) is 16.4. The van der Waals surface area contributed by atoms with E-state index < -0.39 is 0 Å². The maximum atomic E-state index is 12.4. The number of aryl methyl sites for hydroxylation is 1. The minimum absolute atomic E-state index is 0.0275. The van der Waals surface area contributed by atoms with E-state index in [0.717, 1.165) is 30.8 Å². The molecule has 1 aliphatic carbocycles. The van der Waals surface area contributed by atoms with Crippen LogP contribution in [0.2, 0.25) is 0 Å². The number of hydrogen-bond acceptors (Lipinski definition) is 7. The molecule has 1 heterocycles. The van der Waals surface area contributed by atoms with Crippen molar-refractivity contribution in [2.75, 3.05) is 25.6 Å². The summed E-state index contributed by atoms with van der Waals surface area (Å²) in [5.41, 5.74) is 0.900. The van der Waals surface area contributed by atoms with Crippen LogP contribution in [0.3, 0.4) is 0 Å². The van der Waals surface area contributed by atoms with Gasteiger partial charge in [-0.2, -0.15) is 0 Å². The summed E-state index contributed by atoms with van der Waals surface area (Å²) in [6.45, 7) is 4.94. The van der Waals surface area contributed by atoms with Crippen LogP contribution >= 0.6 is 0 Å². The highest BCUT2D eigenvalue weighted by Gasteiger charge is 2.34. The predicted molar refractivity (Wildman–Crippen MR) is 101 cm³/mol. The van der Waals surface area contributed by atoms with Crippen molar-refractivity contribution in [2.45, 2.75) is 58.1 Å². The summed E-state index contributed by atoms with van der Waals surface area (Å²) in [7, 11) is 1.34. The number of nitrogens with one attached hydrogen (secondary N) is 2. The summed E-state index contributed by atoms with van der Waals surface area (Å²) < 4.78 is 10.6. The van der Waals surface area contributed by atoms with Crippen LogP contribution in [0.25, 0.3) is 0 Å². The second kappa shape index (κ2) is 10.8. The Morgan fingerprint density at radius 2 is 2.11 bits per heavy atom. The average Bonchev–Trinajstić information content (AvgIpc) is 2.66. The molecule has 2 rings (SSSR count). The maximum Gasteiger partial charge on any atom is 0.307 e. The van der Waals surface area contributed by atoms with E-state index in [2.05, 4.69) is 32.3 Å². The molecule has 1 aromatic heterocycles. The summed E-state index contributed by atoms with van der Waals surface area (Å²) in [5, 5.41) is 6.27. The SMILES string of the molecule is CCCO[C@H]1C[C@@H](C(=O)NCCC(=O)OC)CC[C@@H]1Nc1cc(C)ncn1. The summed E-state index contributed by atoms with van der Waals surface area (Å²) in [6.07, 6.45) is 4.80. The van der Waals surface area contributed by atoms with Gasteiger partial charge in [0.1, 0.15) is 12.1 Å². The van der Waals surface area contributed by atoms with Crippen LogP contribution in [0.5, 0.6) is 0 Å². The Morgan fingerprint density at radius 3 is 2.81 bits per heavy atom. The van der Waals surface area contributed by atoms with Crippen molar-refractivity contribution in [2.24, 2.45) is 5.92 Å². The van der Waals surface area contributed by atoms with Gasteiger partial charge in [0.2, 0.25) is 5.91 Å². The van der Waals surface area contributed by atoms with E-state index in [-0.39, 0.29) is 36.4 Å². The number of rotatable bonds is 9. The number of carbonyl (C=O) groups excluding carboxylic acids is 2. The lowest BCUT2D eigenvalue weighted by Gasteiger charge is -2.36. The van der Waals surface area contributed by atoms with Crippen LogP contribution in [0.4, 0.5) is 5.82 Å². The van der Waals surface area contributed by atoms with Crippen LogP contribution < -0.4 is 10.6 Å². The number of methoxy groups -OCH3 is 1. The Bertz CT molecular complexity index is 625. The second-order valence-electron chi connectivity index (χ2n) is 6.83. The first-order valence-corrected chi connectivity index (χ1v) is 9.54. The van der Waals surface area contributed by atoms with E-state index >= 15 is 0 Å². The predicted octanol–water partition coefficient (Wildman–Crippen LogP) is 1.84. The highest BCUT2D eigenvalue weighted by Crippen LogP contribution is 2.29. The third-order valence-corrected chi connectivity index (χ3v) is 4.69. The Balaban J connectivity index is 1.92. The minimum Gasteiger partial charge on any atom is -0.469 e. The molecule has 150 valence electrons. The highest BCUT2D eigenvalue weighted by atomic mass is 16.5. The number of aromatic nitrogens is 2. The molecule has 1 aromatic rings. The first-order valence-electron chi connectivity index (χ1n) is 9.54. The lowest BCUT2D eigenvalue weighted by Crippen LogP contribution is -2.45. The van der Waals surface area contributed by atoms with Gasteiger partial charge in [-0.15, -0.1) is 0 Å². The summed E-state index contributed by atoms with van der Waals surface area (Å²) in [6, 6.07) is 2.01. The van der Waals surface area contributed by atoms with Gasteiger partial charge >= 0.3 is 5.97 Å². The monoisotopic (exact) mass is 378 g/mol. The average molecular weight is 378 g/mol. The molecule has 0 aliphatic heterocycles. The van der Waals surface area contributed by atoms with Crippen molar-refractivity contribution in [1.82, 2.24) is 15.3 Å². The van der Waals surface area contributed by atoms with Gasteiger partial charge < -0.3 is 20.1 Å². The third-order valence-electron chi connectivity index (χ3n) is 4.69. The number of anilines is 1. The molecule has 1 saturated carbocycles. The van der Waals surface area contributed by atoms with Crippen molar-refractivity contribution in [3.05, 3.63) is 18.1 Å². The molecule has 0 aromatic carbocycles. The summed E-state index contributed by atoms with van der Waals surface area (Å²) in [5.74, 6) is 0.307. The molecule has 3 atom stereocenters. The molecule has 0 unspecified atom stereocenters. The molecule has 8 nitrogen and oxygen atoms in total. The number of hydrogen-bond donors (Lipinski definition) is 2. The van der Waals surface area contributed by atoms with Crippen LogP contribution in [0, 0.1) is 12.8 Å². The van der Waals surface area contributed by atoms with Crippen molar-refractivity contribution in [1.29, 1.82) is 0 Å². The fraction of sp³-hybridized carbons (Fsp3) is 0.684. The fourth-order valence-corrected chi connectivity index (χ4v) is 3.24. The minimum atomic E-state index is -0.326. The van der Waals surface area contributed by atoms with Crippen LogP contribution in [0.15, 0.2) is 12.4 Å². The first kappa shape index (κ1) is 21.1. The maximum absolute atomic E-state index is 12.4.